The van der Waals surface area contributed by atoms with Gasteiger partial charge in [-0.3, -0.25) is 0 Å². The number of nitrogens with zero attached hydrogens (tertiary/aromatic N) is 4. The molecule has 184 valence electrons. The number of nitrogen functional groups attached to an aromatic ring is 1. The van der Waals surface area contributed by atoms with E-state index in [4.69, 9.17) is 25.1 Å². The van der Waals surface area contributed by atoms with Crippen molar-refractivity contribution in [3.05, 3.63) is 66.7 Å². The third kappa shape index (κ3) is 5.50. The van der Waals surface area contributed by atoms with Crippen molar-refractivity contribution in [2.24, 2.45) is 20.5 Å². The molecule has 0 aliphatic rings. The number of azo groups is 2. The average molecular weight is 488 g/mol. The average Bonchev–Trinajstić information content (AvgIpc) is 2.90. The van der Waals surface area contributed by atoms with E-state index >= 15 is 0 Å². The molecular formula is C26H25N5O5. The van der Waals surface area contributed by atoms with Gasteiger partial charge in [0.1, 0.15) is 40.9 Å². The number of hydrogen-bond acceptors (Lipinski definition) is 10. The van der Waals surface area contributed by atoms with E-state index in [-0.39, 0.29) is 19.0 Å². The second kappa shape index (κ2) is 11.2. The lowest BCUT2D eigenvalue weighted by atomic mass is 10.1. The highest BCUT2D eigenvalue weighted by Gasteiger charge is 2.12. The monoisotopic (exact) mass is 487 g/mol. The molecular weight excluding hydrogens is 462 g/mol. The van der Waals surface area contributed by atoms with Crippen LogP contribution in [-0.4, -0.2) is 37.6 Å². The smallest absolute Gasteiger partial charge is 0.150 e. The Labute approximate surface area is 207 Å². The van der Waals surface area contributed by atoms with Crippen LogP contribution in [0.5, 0.6) is 23.0 Å². The number of hydrogen-bond donors (Lipinski definition) is 3. The number of aliphatic hydroxyl groups is 1. The predicted octanol–water partition coefficient (Wildman–Crippen LogP) is 6.35. The number of fused-ring (bicyclic) bond motifs is 1. The number of benzene rings is 4. The zero-order valence-electron chi connectivity index (χ0n) is 19.8. The van der Waals surface area contributed by atoms with Gasteiger partial charge in [-0.1, -0.05) is 6.07 Å². The molecule has 0 saturated carbocycles. The van der Waals surface area contributed by atoms with Crippen LogP contribution in [0, 0.1) is 0 Å². The van der Waals surface area contributed by atoms with E-state index in [0.717, 1.165) is 5.39 Å². The summed E-state index contributed by atoms with van der Waals surface area (Å²) in [4.78, 5) is 0. The molecule has 36 heavy (non-hydrogen) atoms. The van der Waals surface area contributed by atoms with Gasteiger partial charge in [-0.15, -0.1) is 15.3 Å². The van der Waals surface area contributed by atoms with Gasteiger partial charge in [-0.05, 0) is 53.9 Å². The molecule has 0 unspecified atom stereocenters. The number of methoxy groups -OCH3 is 2. The van der Waals surface area contributed by atoms with Crippen molar-refractivity contribution in [3.8, 4) is 23.0 Å². The van der Waals surface area contributed by atoms with Crippen LogP contribution in [0.4, 0.5) is 28.4 Å². The van der Waals surface area contributed by atoms with E-state index in [1.165, 1.54) is 14.2 Å². The van der Waals surface area contributed by atoms with E-state index in [1.807, 2.05) is 6.07 Å². The molecule has 4 rings (SSSR count). The summed E-state index contributed by atoms with van der Waals surface area (Å²) in [5.41, 5.74) is 8.14. The van der Waals surface area contributed by atoms with Gasteiger partial charge in [0, 0.05) is 23.2 Å². The maximum Gasteiger partial charge on any atom is 0.150 e. The van der Waals surface area contributed by atoms with Crippen molar-refractivity contribution in [2.45, 2.75) is 0 Å². The summed E-state index contributed by atoms with van der Waals surface area (Å²) in [6.45, 7) is 0.161. The predicted molar refractivity (Wildman–Crippen MR) is 137 cm³/mol. The van der Waals surface area contributed by atoms with Crippen molar-refractivity contribution in [1.29, 1.82) is 0 Å². The van der Waals surface area contributed by atoms with E-state index in [1.54, 1.807) is 60.7 Å². The Morgan fingerprint density at radius 1 is 0.750 bits per heavy atom. The van der Waals surface area contributed by atoms with Crippen LogP contribution in [-0.2, 0) is 0 Å². The van der Waals surface area contributed by atoms with Crippen molar-refractivity contribution in [3.63, 3.8) is 0 Å². The number of ether oxygens (including phenoxy) is 3. The topological polar surface area (TPSA) is 144 Å². The molecule has 10 heteroatoms. The number of aromatic hydroxyl groups is 1. The van der Waals surface area contributed by atoms with Gasteiger partial charge in [-0.2, -0.15) is 5.11 Å². The van der Waals surface area contributed by atoms with Crippen molar-refractivity contribution in [1.82, 2.24) is 0 Å². The van der Waals surface area contributed by atoms with E-state index in [0.29, 0.717) is 51.1 Å². The summed E-state index contributed by atoms with van der Waals surface area (Å²) in [7, 11) is 3.01. The maximum atomic E-state index is 10.6. The van der Waals surface area contributed by atoms with E-state index in [2.05, 4.69) is 20.5 Å². The molecule has 0 aromatic heterocycles. The van der Waals surface area contributed by atoms with Gasteiger partial charge in [0.25, 0.3) is 0 Å². The molecule has 0 fully saturated rings. The molecule has 0 atom stereocenters. The number of rotatable bonds is 9. The SMILES string of the molecule is COc1cc(N=Nc2ccc3cc(N)ccc3c2O)c(OC)cc1N=Nc1ccc(OCCO)cc1. The van der Waals surface area contributed by atoms with Gasteiger partial charge in [0.15, 0.2) is 5.75 Å². The van der Waals surface area contributed by atoms with Crippen molar-refractivity contribution < 1.29 is 24.4 Å². The highest BCUT2D eigenvalue weighted by atomic mass is 16.5. The van der Waals surface area contributed by atoms with Gasteiger partial charge >= 0.3 is 0 Å². The third-order valence-corrected chi connectivity index (χ3v) is 5.21. The van der Waals surface area contributed by atoms with Crippen LogP contribution in [0.3, 0.4) is 0 Å². The van der Waals surface area contributed by atoms with Crippen LogP contribution in [0.15, 0.2) is 87.2 Å². The first-order valence-corrected chi connectivity index (χ1v) is 11.0. The molecule has 4 aromatic rings. The van der Waals surface area contributed by atoms with Gasteiger partial charge in [-0.25, -0.2) is 0 Å². The van der Waals surface area contributed by atoms with Crippen LogP contribution in [0.2, 0.25) is 0 Å². The molecule has 0 saturated heterocycles. The Morgan fingerprint density at radius 3 is 2.03 bits per heavy atom. The van der Waals surface area contributed by atoms with E-state index in [9.17, 15) is 5.11 Å². The van der Waals surface area contributed by atoms with Gasteiger partial charge < -0.3 is 30.2 Å². The Hall–Kier alpha value is -4.70. The number of aliphatic hydroxyl groups excluding tert-OH is 1. The largest absolute Gasteiger partial charge is 0.505 e. The molecule has 10 nitrogen and oxygen atoms in total. The van der Waals surface area contributed by atoms with E-state index < -0.39 is 0 Å². The molecule has 0 bridgehead atoms. The first-order valence-electron chi connectivity index (χ1n) is 11.0. The Morgan fingerprint density at radius 2 is 1.39 bits per heavy atom. The quantitative estimate of drug-likeness (QED) is 0.185. The second-order valence-electron chi connectivity index (χ2n) is 7.58. The fourth-order valence-electron chi connectivity index (χ4n) is 3.41. The minimum atomic E-state index is -0.0579. The molecule has 0 aliphatic heterocycles. The summed E-state index contributed by atoms with van der Waals surface area (Å²) in [5.74, 6) is 1.43. The number of nitrogens with two attached hydrogens (primary N) is 1. The lowest BCUT2D eigenvalue weighted by Crippen LogP contribution is -2.00. The zero-order chi connectivity index (χ0) is 25.5. The zero-order valence-corrected chi connectivity index (χ0v) is 19.8. The molecule has 0 amide bonds. The Kier molecular flexibility index (Phi) is 7.57. The highest BCUT2D eigenvalue weighted by molar-refractivity contribution is 5.94. The summed E-state index contributed by atoms with van der Waals surface area (Å²) in [6, 6.07) is 18.9. The normalized spacial score (nSPS) is 11.4. The summed E-state index contributed by atoms with van der Waals surface area (Å²) >= 11 is 0. The summed E-state index contributed by atoms with van der Waals surface area (Å²) < 4.78 is 16.3. The summed E-state index contributed by atoms with van der Waals surface area (Å²) in [5, 5.41) is 37.9. The Bertz CT molecular complexity index is 1420. The first-order chi connectivity index (χ1) is 17.5. The number of anilines is 1. The third-order valence-electron chi connectivity index (χ3n) is 5.21. The molecule has 0 radical (unpaired) electrons. The Balaban J connectivity index is 1.60. The summed E-state index contributed by atoms with van der Waals surface area (Å²) in [6.07, 6.45) is 0. The molecule has 4 aromatic carbocycles. The van der Waals surface area contributed by atoms with Gasteiger partial charge in [0.05, 0.1) is 26.5 Å². The lowest BCUT2D eigenvalue weighted by molar-refractivity contribution is 0.201. The minimum absolute atomic E-state index is 0.000353. The van der Waals surface area contributed by atoms with Gasteiger partial charge in [0.2, 0.25) is 0 Å². The number of phenolic OH excluding ortho intramolecular Hbond substituents is 1. The standard InChI is InChI=1S/C26H25N5O5/c1-34-24-15-23(31-29-21-10-3-16-13-17(27)4-9-20(16)26(21)33)25(35-2)14-22(24)30-28-18-5-7-19(8-6-18)36-12-11-32/h3-10,13-15,32-33H,11-12,27H2,1-2H3. The highest BCUT2D eigenvalue weighted by Crippen LogP contribution is 2.42. The second-order valence-corrected chi connectivity index (χ2v) is 7.58. The molecule has 0 aliphatic carbocycles. The van der Waals surface area contributed by atoms with Crippen LogP contribution < -0.4 is 19.9 Å². The first kappa shape index (κ1) is 24.4. The van der Waals surface area contributed by atoms with Crippen LogP contribution in [0.25, 0.3) is 10.8 Å². The molecule has 0 spiro atoms. The van der Waals surface area contributed by atoms with Crippen molar-refractivity contribution >= 4 is 39.2 Å². The number of phenols is 1. The fourth-order valence-corrected chi connectivity index (χ4v) is 3.41. The molecule has 0 heterocycles. The van der Waals surface area contributed by atoms with Crippen molar-refractivity contribution in [2.75, 3.05) is 33.2 Å². The fraction of sp³-hybridized carbons (Fsp3) is 0.154. The molecule has 4 N–H and O–H groups in total. The van der Waals surface area contributed by atoms with Crippen LogP contribution >= 0.6 is 0 Å². The lowest BCUT2D eigenvalue weighted by Gasteiger charge is -2.09. The maximum absolute atomic E-state index is 10.6. The minimum Gasteiger partial charge on any atom is -0.505 e. The van der Waals surface area contributed by atoms with Crippen LogP contribution in [0.1, 0.15) is 0 Å².